The van der Waals surface area contributed by atoms with E-state index >= 15 is 0 Å². The van der Waals surface area contributed by atoms with Crippen molar-refractivity contribution < 1.29 is 8.42 Å². The van der Waals surface area contributed by atoms with Gasteiger partial charge in [0.2, 0.25) is 0 Å². The lowest BCUT2D eigenvalue weighted by Gasteiger charge is -2.23. The summed E-state index contributed by atoms with van der Waals surface area (Å²) in [5.41, 5.74) is 0. The molecule has 1 N–H and O–H groups in total. The fourth-order valence-corrected chi connectivity index (χ4v) is 4.77. The van der Waals surface area contributed by atoms with E-state index in [1.165, 1.54) is 0 Å². The number of benzene rings is 1. The van der Waals surface area contributed by atoms with Gasteiger partial charge in [0.1, 0.15) is 0 Å². The minimum atomic E-state index is -3.28. The predicted molar refractivity (Wildman–Crippen MR) is 83.1 cm³/mol. The van der Waals surface area contributed by atoms with Crippen LogP contribution in [-0.2, 0) is 9.84 Å². The van der Waals surface area contributed by atoms with Gasteiger partial charge in [-0.1, -0.05) is 39.3 Å². The SMILES string of the molecule is CCNC(CS(=O)(=O)c1ccccc1Br)C(C)CC. The molecule has 0 radical (unpaired) electrons. The standard InChI is InChI=1S/C14H22BrNO2S/c1-4-11(3)13(16-5-2)10-19(17,18)14-9-7-6-8-12(14)15/h6-9,11,13,16H,4-5,10H2,1-3H3. The van der Waals surface area contributed by atoms with Gasteiger partial charge < -0.3 is 5.32 Å². The molecule has 0 aromatic heterocycles. The van der Waals surface area contributed by atoms with E-state index in [2.05, 4.69) is 35.1 Å². The van der Waals surface area contributed by atoms with Crippen LogP contribution in [-0.4, -0.2) is 26.8 Å². The average molecular weight is 348 g/mol. The Morgan fingerprint density at radius 1 is 1.26 bits per heavy atom. The van der Waals surface area contributed by atoms with Gasteiger partial charge in [0.15, 0.2) is 9.84 Å². The van der Waals surface area contributed by atoms with Crippen LogP contribution in [0.3, 0.4) is 0 Å². The van der Waals surface area contributed by atoms with E-state index in [1.807, 2.05) is 13.0 Å². The number of hydrogen-bond acceptors (Lipinski definition) is 3. The first-order valence-electron chi connectivity index (χ1n) is 6.63. The van der Waals surface area contributed by atoms with Crippen LogP contribution in [0.5, 0.6) is 0 Å². The molecule has 0 heterocycles. The maximum absolute atomic E-state index is 12.5. The molecule has 108 valence electrons. The third kappa shape index (κ3) is 4.58. The van der Waals surface area contributed by atoms with Crippen molar-refractivity contribution >= 4 is 25.8 Å². The molecule has 0 aliphatic rings. The molecule has 0 amide bonds. The maximum Gasteiger partial charge on any atom is 0.181 e. The number of sulfone groups is 1. The summed E-state index contributed by atoms with van der Waals surface area (Å²) in [6.45, 7) is 6.95. The van der Waals surface area contributed by atoms with Crippen molar-refractivity contribution in [3.63, 3.8) is 0 Å². The quantitative estimate of drug-likeness (QED) is 0.823. The van der Waals surface area contributed by atoms with Crippen molar-refractivity contribution in [2.75, 3.05) is 12.3 Å². The first-order chi connectivity index (χ1) is 8.92. The first kappa shape index (κ1) is 16.7. The number of nitrogens with one attached hydrogen (secondary N) is 1. The molecule has 0 fully saturated rings. The van der Waals surface area contributed by atoms with Crippen molar-refractivity contribution in [1.82, 2.24) is 5.32 Å². The fraction of sp³-hybridized carbons (Fsp3) is 0.571. The molecule has 2 atom stereocenters. The summed E-state index contributed by atoms with van der Waals surface area (Å²) in [5.74, 6) is 0.468. The van der Waals surface area contributed by atoms with E-state index in [-0.39, 0.29) is 11.8 Å². The Labute approximate surface area is 124 Å². The molecule has 0 aliphatic carbocycles. The molecule has 0 aliphatic heterocycles. The van der Waals surface area contributed by atoms with Gasteiger partial charge in [0, 0.05) is 10.5 Å². The highest BCUT2D eigenvalue weighted by Gasteiger charge is 2.25. The topological polar surface area (TPSA) is 46.2 Å². The van der Waals surface area contributed by atoms with Crippen LogP contribution in [0.1, 0.15) is 27.2 Å². The average Bonchev–Trinajstić information content (AvgIpc) is 2.37. The Kier molecular flexibility index (Phi) is 6.50. The highest BCUT2D eigenvalue weighted by molar-refractivity contribution is 9.10. The third-order valence-electron chi connectivity index (χ3n) is 3.37. The summed E-state index contributed by atoms with van der Waals surface area (Å²) in [4.78, 5) is 0.376. The molecule has 0 saturated heterocycles. The second-order valence-electron chi connectivity index (χ2n) is 4.76. The van der Waals surface area contributed by atoms with Crippen molar-refractivity contribution in [2.45, 2.75) is 38.1 Å². The van der Waals surface area contributed by atoms with Crippen LogP contribution >= 0.6 is 15.9 Å². The van der Waals surface area contributed by atoms with Crippen LogP contribution in [0.2, 0.25) is 0 Å². The Hall–Kier alpha value is -0.390. The van der Waals surface area contributed by atoms with Gasteiger partial charge in [-0.2, -0.15) is 0 Å². The second-order valence-corrected chi connectivity index (χ2v) is 7.62. The summed E-state index contributed by atoms with van der Waals surface area (Å²) >= 11 is 3.32. The van der Waals surface area contributed by atoms with Gasteiger partial charge in [-0.25, -0.2) is 8.42 Å². The van der Waals surface area contributed by atoms with Crippen molar-refractivity contribution in [3.8, 4) is 0 Å². The molecule has 0 spiro atoms. The Morgan fingerprint density at radius 2 is 1.89 bits per heavy atom. The number of halogens is 1. The van der Waals surface area contributed by atoms with Gasteiger partial charge >= 0.3 is 0 Å². The third-order valence-corrected chi connectivity index (χ3v) is 6.15. The molecular weight excluding hydrogens is 326 g/mol. The van der Waals surface area contributed by atoms with Crippen LogP contribution in [0, 0.1) is 5.92 Å². The van der Waals surface area contributed by atoms with Gasteiger partial charge in [0.25, 0.3) is 0 Å². The molecule has 1 aromatic carbocycles. The summed E-state index contributed by atoms with van der Waals surface area (Å²) < 4.78 is 25.6. The van der Waals surface area contributed by atoms with E-state index in [9.17, 15) is 8.42 Å². The number of rotatable bonds is 7. The van der Waals surface area contributed by atoms with E-state index in [4.69, 9.17) is 0 Å². The van der Waals surface area contributed by atoms with Crippen molar-refractivity contribution in [3.05, 3.63) is 28.7 Å². The number of hydrogen-bond donors (Lipinski definition) is 1. The fourth-order valence-electron chi connectivity index (χ4n) is 1.99. The molecule has 19 heavy (non-hydrogen) atoms. The summed E-state index contributed by atoms with van der Waals surface area (Å²) in [7, 11) is -3.28. The summed E-state index contributed by atoms with van der Waals surface area (Å²) in [6.07, 6.45) is 0.961. The Morgan fingerprint density at radius 3 is 2.42 bits per heavy atom. The molecule has 0 saturated carbocycles. The van der Waals surface area contributed by atoms with E-state index in [1.54, 1.807) is 18.2 Å². The smallest absolute Gasteiger partial charge is 0.181 e. The van der Waals surface area contributed by atoms with Gasteiger partial charge in [-0.3, -0.25) is 0 Å². The lowest BCUT2D eigenvalue weighted by atomic mass is 10.0. The van der Waals surface area contributed by atoms with Crippen LogP contribution in [0.4, 0.5) is 0 Å². The zero-order valence-electron chi connectivity index (χ0n) is 11.7. The normalized spacial score (nSPS) is 15.2. The highest BCUT2D eigenvalue weighted by atomic mass is 79.9. The lowest BCUT2D eigenvalue weighted by molar-refractivity contribution is 0.398. The van der Waals surface area contributed by atoms with Crippen molar-refractivity contribution in [2.24, 2.45) is 5.92 Å². The first-order valence-corrected chi connectivity index (χ1v) is 9.07. The molecular formula is C14H22BrNO2S. The second kappa shape index (κ2) is 7.41. The molecule has 5 heteroatoms. The van der Waals surface area contributed by atoms with Gasteiger partial charge in [-0.05, 0) is 40.5 Å². The molecule has 0 bridgehead atoms. The lowest BCUT2D eigenvalue weighted by Crippen LogP contribution is -2.40. The predicted octanol–water partition coefficient (Wildman–Crippen LogP) is 3.25. The Bertz CT molecular complexity index is 502. The molecule has 1 aromatic rings. The maximum atomic E-state index is 12.5. The van der Waals surface area contributed by atoms with Crippen LogP contribution in [0.15, 0.2) is 33.6 Å². The highest BCUT2D eigenvalue weighted by Crippen LogP contribution is 2.24. The van der Waals surface area contributed by atoms with Crippen molar-refractivity contribution in [1.29, 1.82) is 0 Å². The minimum Gasteiger partial charge on any atom is -0.313 e. The van der Waals surface area contributed by atoms with Crippen LogP contribution in [0.25, 0.3) is 0 Å². The summed E-state index contributed by atoms with van der Waals surface area (Å²) in [6, 6.07) is 6.98. The van der Waals surface area contributed by atoms with Crippen LogP contribution < -0.4 is 5.32 Å². The zero-order chi connectivity index (χ0) is 14.5. The molecule has 1 rings (SSSR count). The van der Waals surface area contributed by atoms with E-state index in [0.29, 0.717) is 15.3 Å². The largest absolute Gasteiger partial charge is 0.313 e. The van der Waals surface area contributed by atoms with Gasteiger partial charge in [-0.15, -0.1) is 0 Å². The minimum absolute atomic E-state index is 0.00731. The Balaban J connectivity index is 2.98. The monoisotopic (exact) mass is 347 g/mol. The van der Waals surface area contributed by atoms with E-state index in [0.717, 1.165) is 13.0 Å². The zero-order valence-corrected chi connectivity index (χ0v) is 14.1. The van der Waals surface area contributed by atoms with Gasteiger partial charge in [0.05, 0.1) is 10.6 Å². The summed E-state index contributed by atoms with van der Waals surface area (Å²) in [5, 5.41) is 3.28. The molecule has 2 unspecified atom stereocenters. The van der Waals surface area contributed by atoms with E-state index < -0.39 is 9.84 Å². The molecule has 3 nitrogen and oxygen atoms in total.